The lowest BCUT2D eigenvalue weighted by atomic mass is 10.2. The molecule has 0 amide bonds. The van der Waals surface area contributed by atoms with E-state index in [2.05, 4.69) is 32.0 Å². The molecule has 0 fully saturated rings. The summed E-state index contributed by atoms with van der Waals surface area (Å²) in [6, 6.07) is 4.05. The molecular weight excluding hydrogens is 216 g/mol. The first-order chi connectivity index (χ1) is 5.77. The van der Waals surface area contributed by atoms with Gasteiger partial charge in [-0.2, -0.15) is 0 Å². The lowest BCUT2D eigenvalue weighted by molar-refractivity contribution is 1.25. The Labute approximate surface area is 78.8 Å². The van der Waals surface area contributed by atoms with Gasteiger partial charge in [0.25, 0.3) is 0 Å². The normalized spacial score (nSPS) is 10.5. The van der Waals surface area contributed by atoms with Crippen LogP contribution >= 0.6 is 15.9 Å². The Morgan fingerprint density at radius 2 is 2.17 bits per heavy atom. The fourth-order valence-electron chi connectivity index (χ4n) is 1.14. The molecule has 0 unspecified atom stereocenters. The van der Waals surface area contributed by atoms with Gasteiger partial charge in [0.1, 0.15) is 10.1 Å². The molecule has 3 heteroatoms. The smallest absolute Gasteiger partial charge is 0.132 e. The number of aryl methyl sites for hydroxylation is 1. The predicted octanol–water partition coefficient (Wildman–Crippen LogP) is 2.70. The van der Waals surface area contributed by atoms with Crippen LogP contribution in [0.3, 0.4) is 0 Å². The molecule has 2 nitrogen and oxygen atoms in total. The lowest BCUT2D eigenvalue weighted by Crippen LogP contribution is -1.84. The largest absolute Gasteiger partial charge is 0.253 e. The Balaban J connectivity index is 2.86. The van der Waals surface area contributed by atoms with E-state index in [-0.39, 0.29) is 0 Å². The van der Waals surface area contributed by atoms with Crippen molar-refractivity contribution in [2.24, 2.45) is 0 Å². The molecule has 60 valence electrons. The van der Waals surface area contributed by atoms with Crippen molar-refractivity contribution in [3.8, 4) is 0 Å². The van der Waals surface area contributed by atoms with E-state index < -0.39 is 0 Å². The van der Waals surface area contributed by atoms with Crippen molar-refractivity contribution < 1.29 is 0 Å². The third kappa shape index (κ3) is 1.20. The van der Waals surface area contributed by atoms with Gasteiger partial charge < -0.3 is 0 Å². The zero-order valence-electron chi connectivity index (χ0n) is 6.58. The van der Waals surface area contributed by atoms with E-state index in [4.69, 9.17) is 0 Å². The van der Waals surface area contributed by atoms with Gasteiger partial charge in [0.2, 0.25) is 0 Å². The van der Waals surface area contributed by atoms with Crippen molar-refractivity contribution >= 4 is 26.8 Å². The van der Waals surface area contributed by atoms with Crippen LogP contribution in [0.15, 0.2) is 29.1 Å². The van der Waals surface area contributed by atoms with E-state index in [1.165, 1.54) is 5.56 Å². The molecule has 2 heterocycles. The highest BCUT2D eigenvalue weighted by Crippen LogP contribution is 2.19. The van der Waals surface area contributed by atoms with Crippen molar-refractivity contribution in [1.29, 1.82) is 0 Å². The number of nitrogens with zero attached hydrogens (tertiary/aromatic N) is 2. The van der Waals surface area contributed by atoms with E-state index in [0.717, 1.165) is 15.5 Å². The van der Waals surface area contributed by atoms with Crippen LogP contribution in [-0.2, 0) is 0 Å². The predicted molar refractivity (Wildman–Crippen MR) is 52.0 cm³/mol. The lowest BCUT2D eigenvalue weighted by Gasteiger charge is -1.98. The van der Waals surface area contributed by atoms with E-state index in [0.29, 0.717) is 0 Å². The summed E-state index contributed by atoms with van der Waals surface area (Å²) in [7, 11) is 0. The van der Waals surface area contributed by atoms with E-state index >= 15 is 0 Å². The van der Waals surface area contributed by atoms with Gasteiger partial charge in [-0.3, -0.25) is 4.98 Å². The maximum atomic E-state index is 4.27. The van der Waals surface area contributed by atoms with Crippen LogP contribution in [0.5, 0.6) is 0 Å². The second-order valence-corrected chi connectivity index (χ2v) is 3.44. The number of pyridine rings is 2. The molecule has 0 aromatic carbocycles. The monoisotopic (exact) mass is 222 g/mol. The van der Waals surface area contributed by atoms with Gasteiger partial charge in [0, 0.05) is 17.8 Å². The molecular formula is C9H7BrN2. The molecule has 0 spiro atoms. The molecule has 0 saturated heterocycles. The van der Waals surface area contributed by atoms with Crippen molar-refractivity contribution in [3.05, 3.63) is 34.7 Å². The van der Waals surface area contributed by atoms with E-state index in [1.807, 2.05) is 19.2 Å². The van der Waals surface area contributed by atoms with Crippen LogP contribution in [0.4, 0.5) is 0 Å². The van der Waals surface area contributed by atoms with Crippen LogP contribution in [-0.4, -0.2) is 9.97 Å². The maximum absolute atomic E-state index is 4.27. The SMILES string of the molecule is Cc1cnc2c(Br)nccc2c1. The van der Waals surface area contributed by atoms with Gasteiger partial charge >= 0.3 is 0 Å². The van der Waals surface area contributed by atoms with Crippen molar-refractivity contribution in [1.82, 2.24) is 9.97 Å². The Bertz CT molecular complexity index is 426. The van der Waals surface area contributed by atoms with Gasteiger partial charge in [-0.05, 0) is 40.5 Å². The Morgan fingerprint density at radius 3 is 3.00 bits per heavy atom. The summed E-state index contributed by atoms with van der Waals surface area (Å²) in [5, 5.41) is 1.12. The van der Waals surface area contributed by atoms with Crippen LogP contribution in [0.2, 0.25) is 0 Å². The van der Waals surface area contributed by atoms with Crippen LogP contribution in [0.1, 0.15) is 5.56 Å². The Kier molecular flexibility index (Phi) is 1.81. The molecule has 0 saturated carbocycles. The first-order valence-electron chi connectivity index (χ1n) is 3.64. The summed E-state index contributed by atoms with van der Waals surface area (Å²) in [6.07, 6.45) is 3.61. The minimum Gasteiger partial charge on any atom is -0.253 e. The fraction of sp³-hybridized carbons (Fsp3) is 0.111. The van der Waals surface area contributed by atoms with Crippen molar-refractivity contribution in [3.63, 3.8) is 0 Å². The molecule has 2 aromatic rings. The zero-order valence-corrected chi connectivity index (χ0v) is 8.17. The first-order valence-corrected chi connectivity index (χ1v) is 4.43. The van der Waals surface area contributed by atoms with E-state index in [9.17, 15) is 0 Å². The number of aromatic nitrogens is 2. The zero-order chi connectivity index (χ0) is 8.55. The van der Waals surface area contributed by atoms with Gasteiger partial charge in [-0.1, -0.05) is 0 Å². The first kappa shape index (κ1) is 7.68. The summed E-state index contributed by atoms with van der Waals surface area (Å²) in [5.41, 5.74) is 2.09. The van der Waals surface area contributed by atoms with Gasteiger partial charge in [0.15, 0.2) is 0 Å². The molecule has 0 aliphatic heterocycles. The Morgan fingerprint density at radius 1 is 1.33 bits per heavy atom. The Hall–Kier alpha value is -0.960. The van der Waals surface area contributed by atoms with E-state index in [1.54, 1.807) is 6.20 Å². The molecule has 2 rings (SSSR count). The molecule has 0 N–H and O–H groups in total. The summed E-state index contributed by atoms with van der Waals surface area (Å²) < 4.78 is 0.806. The number of fused-ring (bicyclic) bond motifs is 1. The summed E-state index contributed by atoms with van der Waals surface area (Å²) in [5.74, 6) is 0. The molecule has 0 aliphatic rings. The molecule has 0 atom stereocenters. The third-order valence-electron chi connectivity index (χ3n) is 1.69. The molecule has 0 aliphatic carbocycles. The summed E-state index contributed by atoms with van der Waals surface area (Å²) >= 11 is 3.35. The maximum Gasteiger partial charge on any atom is 0.132 e. The molecule has 0 bridgehead atoms. The van der Waals surface area contributed by atoms with Gasteiger partial charge in [0.05, 0.1) is 0 Å². The van der Waals surface area contributed by atoms with Crippen LogP contribution in [0, 0.1) is 6.92 Å². The highest BCUT2D eigenvalue weighted by Gasteiger charge is 1.99. The second-order valence-electron chi connectivity index (χ2n) is 2.69. The third-order valence-corrected chi connectivity index (χ3v) is 2.27. The summed E-state index contributed by atoms with van der Waals surface area (Å²) in [4.78, 5) is 8.36. The number of hydrogen-bond acceptors (Lipinski definition) is 2. The molecule has 2 aromatic heterocycles. The minimum atomic E-state index is 0.806. The topological polar surface area (TPSA) is 25.8 Å². The quantitative estimate of drug-likeness (QED) is 0.641. The average Bonchev–Trinajstić information content (AvgIpc) is 2.04. The highest BCUT2D eigenvalue weighted by molar-refractivity contribution is 9.10. The average molecular weight is 223 g/mol. The van der Waals surface area contributed by atoms with Crippen LogP contribution in [0.25, 0.3) is 10.9 Å². The van der Waals surface area contributed by atoms with Gasteiger partial charge in [-0.25, -0.2) is 4.98 Å². The summed E-state index contributed by atoms with van der Waals surface area (Å²) in [6.45, 7) is 2.03. The number of hydrogen-bond donors (Lipinski definition) is 0. The number of rotatable bonds is 0. The fourth-order valence-corrected chi connectivity index (χ4v) is 1.58. The molecule has 0 radical (unpaired) electrons. The van der Waals surface area contributed by atoms with Crippen molar-refractivity contribution in [2.45, 2.75) is 6.92 Å². The highest BCUT2D eigenvalue weighted by atomic mass is 79.9. The van der Waals surface area contributed by atoms with Crippen LogP contribution < -0.4 is 0 Å². The minimum absolute atomic E-state index is 0.806. The standard InChI is InChI=1S/C9H7BrN2/c1-6-4-7-2-3-11-9(10)8(7)12-5-6/h2-5H,1H3. The van der Waals surface area contributed by atoms with Crippen molar-refractivity contribution in [2.75, 3.05) is 0 Å². The van der Waals surface area contributed by atoms with Gasteiger partial charge in [-0.15, -0.1) is 0 Å². The second kappa shape index (κ2) is 2.83. The molecule has 12 heavy (non-hydrogen) atoms. The number of halogens is 1.